The van der Waals surface area contributed by atoms with Crippen molar-refractivity contribution in [1.82, 2.24) is 0 Å². The highest BCUT2D eigenvalue weighted by Gasteiger charge is 2.11. The lowest BCUT2D eigenvalue weighted by molar-refractivity contribution is 0.817. The first kappa shape index (κ1) is 10.5. The van der Waals surface area contributed by atoms with Crippen LogP contribution in [0.1, 0.15) is 24.1 Å². The Morgan fingerprint density at radius 2 is 1.62 bits per heavy atom. The Morgan fingerprint density at radius 1 is 1.15 bits per heavy atom. The van der Waals surface area contributed by atoms with Crippen molar-refractivity contribution in [2.75, 3.05) is 0 Å². The molecule has 0 heterocycles. The van der Waals surface area contributed by atoms with Gasteiger partial charge in [0, 0.05) is 6.04 Å². The summed E-state index contributed by atoms with van der Waals surface area (Å²) in [6.07, 6.45) is 0. The molecule has 0 amide bonds. The van der Waals surface area contributed by atoms with Gasteiger partial charge >= 0.3 is 0 Å². The molecule has 1 aromatic rings. The largest absolute Gasteiger partial charge is 0.324 e. The Bertz CT molecular complexity index is 274. The van der Waals surface area contributed by atoms with Gasteiger partial charge in [-0.15, -0.1) is 5.11 Å². The Hall–Kier alpha value is -0.625. The summed E-state index contributed by atoms with van der Waals surface area (Å²) in [6.45, 7) is 1.91. The van der Waals surface area contributed by atoms with Crippen molar-refractivity contribution >= 4 is 23.5 Å². The fraction of sp³-hybridized carbons (Fsp3) is 0.333. The molecule has 1 atom stereocenters. The molecule has 4 heteroatoms. The van der Waals surface area contributed by atoms with Crippen LogP contribution < -0.4 is 5.73 Å². The molecular weight excluding hydrogens is 155 g/mol. The van der Waals surface area contributed by atoms with Gasteiger partial charge < -0.3 is 5.73 Å². The SMILES string of the molecule is [B]C([B])([B])c1ccc([C@H](C)N)cc1. The summed E-state index contributed by atoms with van der Waals surface area (Å²) < 4.78 is 0. The van der Waals surface area contributed by atoms with Crippen LogP contribution in [0.4, 0.5) is 0 Å². The molecule has 0 aliphatic rings. The second kappa shape index (κ2) is 3.63. The average molecular weight is 165 g/mol. The third kappa shape index (κ3) is 2.66. The molecule has 0 spiro atoms. The lowest BCUT2D eigenvalue weighted by Gasteiger charge is -2.20. The maximum Gasteiger partial charge on any atom is 0.0563 e. The highest BCUT2D eigenvalue weighted by molar-refractivity contribution is 6.58. The van der Waals surface area contributed by atoms with Crippen molar-refractivity contribution in [2.24, 2.45) is 5.73 Å². The number of hydrogen-bond acceptors (Lipinski definition) is 1. The highest BCUT2D eigenvalue weighted by atomic mass is 14.6. The molecule has 60 valence electrons. The first-order valence-electron chi connectivity index (χ1n) is 4.14. The minimum absolute atomic E-state index is 0.0109. The van der Waals surface area contributed by atoms with E-state index in [1.54, 1.807) is 12.1 Å². The van der Waals surface area contributed by atoms with Gasteiger partial charge in [-0.2, -0.15) is 0 Å². The quantitative estimate of drug-likeness (QED) is 0.627. The summed E-state index contributed by atoms with van der Waals surface area (Å²) >= 11 is 0. The molecular formula is C9H10B3N. The third-order valence-corrected chi connectivity index (χ3v) is 1.94. The molecule has 0 saturated heterocycles. The van der Waals surface area contributed by atoms with E-state index < -0.39 is 5.11 Å². The lowest BCUT2D eigenvalue weighted by atomic mass is 9.40. The zero-order valence-electron chi connectivity index (χ0n) is 7.70. The number of rotatable bonds is 2. The van der Waals surface area contributed by atoms with E-state index >= 15 is 0 Å². The van der Waals surface area contributed by atoms with E-state index in [2.05, 4.69) is 0 Å². The van der Waals surface area contributed by atoms with Gasteiger partial charge in [0.15, 0.2) is 0 Å². The minimum atomic E-state index is -1.27. The van der Waals surface area contributed by atoms with Crippen molar-refractivity contribution in [2.45, 2.75) is 18.1 Å². The van der Waals surface area contributed by atoms with Gasteiger partial charge in [0.05, 0.1) is 23.5 Å². The summed E-state index contributed by atoms with van der Waals surface area (Å²) in [5, 5.41) is -1.27. The fourth-order valence-electron chi connectivity index (χ4n) is 1.08. The molecule has 0 saturated carbocycles. The normalized spacial score (nSPS) is 14.0. The Kier molecular flexibility index (Phi) is 2.92. The standard InChI is InChI=1S/C9H10B3N/c1-6(13)7-2-4-8(5-3-7)9(10,11)12/h2-6H,13H2,1H3/t6-/m0/s1. The monoisotopic (exact) mass is 165 g/mol. The van der Waals surface area contributed by atoms with E-state index in [1.807, 2.05) is 19.1 Å². The van der Waals surface area contributed by atoms with Crippen LogP contribution in [0, 0.1) is 0 Å². The van der Waals surface area contributed by atoms with Gasteiger partial charge in [-0.3, -0.25) is 0 Å². The van der Waals surface area contributed by atoms with Gasteiger partial charge in [0.25, 0.3) is 0 Å². The smallest absolute Gasteiger partial charge is 0.0563 e. The first-order chi connectivity index (χ1) is 5.91. The van der Waals surface area contributed by atoms with Crippen LogP contribution in [-0.2, 0) is 5.11 Å². The summed E-state index contributed by atoms with van der Waals surface area (Å²) in [6, 6.07) is 7.34. The van der Waals surface area contributed by atoms with Crippen molar-refractivity contribution in [3.8, 4) is 0 Å². The second-order valence-electron chi connectivity index (χ2n) is 3.34. The van der Waals surface area contributed by atoms with Crippen LogP contribution in [0.2, 0.25) is 0 Å². The van der Waals surface area contributed by atoms with Crippen molar-refractivity contribution in [3.63, 3.8) is 0 Å². The van der Waals surface area contributed by atoms with Gasteiger partial charge in [0.2, 0.25) is 0 Å². The number of nitrogens with two attached hydrogens (primary N) is 1. The predicted molar refractivity (Wildman–Crippen MR) is 58.0 cm³/mol. The molecule has 2 N–H and O–H groups in total. The summed E-state index contributed by atoms with van der Waals surface area (Å²) in [7, 11) is 16.5. The van der Waals surface area contributed by atoms with Crippen LogP contribution >= 0.6 is 0 Å². The van der Waals surface area contributed by atoms with Crippen LogP contribution in [0.15, 0.2) is 24.3 Å². The van der Waals surface area contributed by atoms with Crippen molar-refractivity contribution < 1.29 is 0 Å². The predicted octanol–water partition coefficient (Wildman–Crippen LogP) is 0.322. The van der Waals surface area contributed by atoms with Crippen molar-refractivity contribution in [1.29, 1.82) is 0 Å². The van der Waals surface area contributed by atoms with E-state index in [4.69, 9.17) is 29.3 Å². The lowest BCUT2D eigenvalue weighted by Crippen LogP contribution is -2.26. The molecule has 1 rings (SSSR count). The molecule has 0 aliphatic carbocycles. The first-order valence-corrected chi connectivity index (χ1v) is 4.14. The number of hydrogen-bond donors (Lipinski definition) is 1. The molecule has 1 nitrogen and oxygen atoms in total. The average Bonchev–Trinajstić information content (AvgIpc) is 2.03. The summed E-state index contributed by atoms with van der Waals surface area (Å²) in [5.74, 6) is 0. The highest BCUT2D eigenvalue weighted by Crippen LogP contribution is 2.16. The minimum Gasteiger partial charge on any atom is -0.324 e. The Morgan fingerprint density at radius 3 is 1.92 bits per heavy atom. The number of benzene rings is 1. The van der Waals surface area contributed by atoms with Gasteiger partial charge in [0.1, 0.15) is 0 Å². The summed E-state index contributed by atoms with van der Waals surface area (Å²) in [4.78, 5) is 0. The zero-order chi connectivity index (χ0) is 10.1. The topological polar surface area (TPSA) is 26.0 Å². The second-order valence-corrected chi connectivity index (χ2v) is 3.34. The molecule has 0 aliphatic heterocycles. The van der Waals surface area contributed by atoms with E-state index in [9.17, 15) is 0 Å². The third-order valence-electron chi connectivity index (χ3n) is 1.94. The van der Waals surface area contributed by atoms with E-state index in [0.29, 0.717) is 5.56 Å². The van der Waals surface area contributed by atoms with Gasteiger partial charge in [-0.1, -0.05) is 29.8 Å². The fourth-order valence-corrected chi connectivity index (χ4v) is 1.08. The molecule has 13 heavy (non-hydrogen) atoms. The molecule has 0 bridgehead atoms. The Balaban J connectivity index is 2.94. The van der Waals surface area contributed by atoms with E-state index in [-0.39, 0.29) is 6.04 Å². The summed E-state index contributed by atoms with van der Waals surface area (Å²) in [5.41, 5.74) is 7.41. The van der Waals surface area contributed by atoms with Crippen molar-refractivity contribution in [3.05, 3.63) is 35.4 Å². The maximum absolute atomic E-state index is 5.68. The van der Waals surface area contributed by atoms with E-state index in [0.717, 1.165) is 5.56 Å². The Labute approximate surface area is 83.3 Å². The van der Waals surface area contributed by atoms with Gasteiger partial charge in [-0.05, 0) is 12.5 Å². The molecule has 0 aromatic heterocycles. The van der Waals surface area contributed by atoms with E-state index in [1.165, 1.54) is 0 Å². The van der Waals surface area contributed by atoms with Gasteiger partial charge in [-0.25, -0.2) is 0 Å². The molecule has 1 aromatic carbocycles. The maximum atomic E-state index is 5.68. The van der Waals surface area contributed by atoms with Crippen LogP contribution in [-0.4, -0.2) is 23.5 Å². The van der Waals surface area contributed by atoms with Crippen LogP contribution in [0.25, 0.3) is 0 Å². The van der Waals surface area contributed by atoms with Crippen LogP contribution in [0.5, 0.6) is 0 Å². The molecule has 6 radical (unpaired) electrons. The van der Waals surface area contributed by atoms with Crippen LogP contribution in [0.3, 0.4) is 0 Å². The zero-order valence-corrected chi connectivity index (χ0v) is 7.70. The molecule has 0 unspecified atom stereocenters. The molecule has 0 fully saturated rings.